The molecule has 1 atom stereocenters. The molecule has 142 valence electrons. The summed E-state index contributed by atoms with van der Waals surface area (Å²) in [4.78, 5) is 35.6. The molecular weight excluding hydrogens is 332 g/mol. The van der Waals surface area contributed by atoms with Gasteiger partial charge in [-0.3, -0.25) is 9.69 Å². The maximum atomic E-state index is 12.8. The molecule has 1 saturated carbocycles. The average molecular weight is 360 g/mol. The fourth-order valence-electron chi connectivity index (χ4n) is 3.10. The van der Waals surface area contributed by atoms with Gasteiger partial charge in [0, 0.05) is 12.5 Å². The van der Waals surface area contributed by atoms with E-state index in [9.17, 15) is 9.59 Å². The van der Waals surface area contributed by atoms with Gasteiger partial charge in [0.15, 0.2) is 0 Å². The van der Waals surface area contributed by atoms with Crippen molar-refractivity contribution in [2.45, 2.75) is 76.9 Å². The predicted octanol–water partition coefficient (Wildman–Crippen LogP) is 3.47. The molecule has 26 heavy (non-hydrogen) atoms. The van der Waals surface area contributed by atoms with Crippen LogP contribution in [0, 0.1) is 0 Å². The molecule has 2 fully saturated rings. The molecule has 7 heteroatoms. The van der Waals surface area contributed by atoms with E-state index in [-0.39, 0.29) is 5.91 Å². The average Bonchev–Trinajstić information content (AvgIpc) is 3.40. The normalized spacial score (nSPS) is 21.0. The highest BCUT2D eigenvalue weighted by Gasteiger charge is 2.34. The van der Waals surface area contributed by atoms with E-state index in [0.29, 0.717) is 24.6 Å². The van der Waals surface area contributed by atoms with Gasteiger partial charge in [0.25, 0.3) is 0 Å². The van der Waals surface area contributed by atoms with E-state index in [2.05, 4.69) is 15.3 Å². The quantitative estimate of drug-likeness (QED) is 0.892. The number of nitrogens with zero attached hydrogens (tertiary/aromatic N) is 3. The minimum atomic E-state index is -0.586. The molecule has 1 saturated heterocycles. The Balaban J connectivity index is 1.68. The molecule has 2 amide bonds. The second-order valence-corrected chi connectivity index (χ2v) is 8.13. The van der Waals surface area contributed by atoms with Crippen LogP contribution in [0.4, 0.5) is 10.5 Å². The van der Waals surface area contributed by atoms with E-state index in [1.807, 2.05) is 20.8 Å². The molecule has 2 heterocycles. The number of likely N-dealkylation sites (tertiary alicyclic amines) is 1. The van der Waals surface area contributed by atoms with Crippen molar-refractivity contribution in [2.24, 2.45) is 0 Å². The Morgan fingerprint density at radius 1 is 1.12 bits per heavy atom. The first-order valence-electron chi connectivity index (χ1n) is 9.46. The molecule has 1 aromatic heterocycles. The molecule has 1 aromatic rings. The van der Waals surface area contributed by atoms with E-state index in [0.717, 1.165) is 37.9 Å². The van der Waals surface area contributed by atoms with Gasteiger partial charge < -0.3 is 10.1 Å². The van der Waals surface area contributed by atoms with E-state index < -0.39 is 17.7 Å². The van der Waals surface area contributed by atoms with Crippen molar-refractivity contribution in [3.05, 3.63) is 18.2 Å². The van der Waals surface area contributed by atoms with Gasteiger partial charge in [-0.1, -0.05) is 12.8 Å². The zero-order valence-corrected chi connectivity index (χ0v) is 15.8. The van der Waals surface area contributed by atoms with Crippen LogP contribution in [0.1, 0.15) is 71.0 Å². The second-order valence-electron chi connectivity index (χ2n) is 8.13. The summed E-state index contributed by atoms with van der Waals surface area (Å²) in [5, 5.41) is 2.86. The van der Waals surface area contributed by atoms with Gasteiger partial charge in [0.05, 0.1) is 18.1 Å². The molecule has 7 nitrogen and oxygen atoms in total. The number of amides is 2. The summed E-state index contributed by atoms with van der Waals surface area (Å²) in [5.74, 6) is 1.11. The smallest absolute Gasteiger partial charge is 0.410 e. The summed E-state index contributed by atoms with van der Waals surface area (Å²) < 4.78 is 5.49. The third kappa shape index (κ3) is 4.93. The Morgan fingerprint density at radius 2 is 1.81 bits per heavy atom. The van der Waals surface area contributed by atoms with E-state index >= 15 is 0 Å². The topological polar surface area (TPSA) is 84.4 Å². The van der Waals surface area contributed by atoms with Gasteiger partial charge in [0.2, 0.25) is 5.91 Å². The highest BCUT2D eigenvalue weighted by atomic mass is 16.6. The first kappa shape index (κ1) is 18.6. The zero-order chi connectivity index (χ0) is 18.7. The lowest BCUT2D eigenvalue weighted by atomic mass is 10.1. The molecule has 0 unspecified atom stereocenters. The molecular formula is C19H28N4O3. The fraction of sp³-hybridized carbons (Fsp3) is 0.684. The van der Waals surface area contributed by atoms with Crippen molar-refractivity contribution >= 4 is 17.7 Å². The van der Waals surface area contributed by atoms with Crippen molar-refractivity contribution in [3.8, 4) is 0 Å². The van der Waals surface area contributed by atoms with Crippen LogP contribution in [-0.2, 0) is 9.53 Å². The molecule has 1 aliphatic carbocycles. The van der Waals surface area contributed by atoms with E-state index in [1.54, 1.807) is 17.3 Å². The van der Waals surface area contributed by atoms with Crippen LogP contribution in [0.15, 0.2) is 12.4 Å². The highest BCUT2D eigenvalue weighted by molar-refractivity contribution is 5.96. The maximum Gasteiger partial charge on any atom is 0.410 e. The molecule has 2 aliphatic rings. The van der Waals surface area contributed by atoms with E-state index in [4.69, 9.17) is 4.74 Å². The van der Waals surface area contributed by atoms with Gasteiger partial charge in [-0.25, -0.2) is 14.8 Å². The van der Waals surface area contributed by atoms with Crippen LogP contribution in [0.25, 0.3) is 0 Å². The number of hydrogen-bond donors (Lipinski definition) is 1. The van der Waals surface area contributed by atoms with Gasteiger partial charge in [-0.2, -0.15) is 0 Å². The van der Waals surface area contributed by atoms with Crippen LogP contribution in [-0.4, -0.2) is 45.1 Å². The Morgan fingerprint density at radius 3 is 2.42 bits per heavy atom. The lowest BCUT2D eigenvalue weighted by Crippen LogP contribution is -2.48. The molecule has 1 N–H and O–H groups in total. The third-order valence-electron chi connectivity index (χ3n) is 4.57. The van der Waals surface area contributed by atoms with Crippen LogP contribution in [0.3, 0.4) is 0 Å². The van der Waals surface area contributed by atoms with Crippen LogP contribution >= 0.6 is 0 Å². The van der Waals surface area contributed by atoms with Gasteiger partial charge in [0.1, 0.15) is 17.5 Å². The number of ether oxygens (including phenoxy) is 1. The molecule has 0 radical (unpaired) electrons. The summed E-state index contributed by atoms with van der Waals surface area (Å²) in [5.41, 5.74) is -0.0236. The number of carbonyl (C=O) groups is 2. The number of nitrogens with one attached hydrogen (secondary N) is 1. The highest BCUT2D eigenvalue weighted by Crippen LogP contribution is 2.37. The van der Waals surface area contributed by atoms with Crippen LogP contribution in [0.5, 0.6) is 0 Å². The Hall–Kier alpha value is -2.18. The number of carbonyl (C=O) groups excluding carboxylic acids is 2. The number of anilines is 1. The lowest BCUT2D eigenvalue weighted by Gasteiger charge is -2.31. The molecule has 3 rings (SSSR count). The summed E-state index contributed by atoms with van der Waals surface area (Å²) >= 11 is 0. The molecule has 0 aromatic carbocycles. The van der Waals surface area contributed by atoms with Crippen molar-refractivity contribution in [1.82, 2.24) is 14.9 Å². The summed E-state index contributed by atoms with van der Waals surface area (Å²) in [7, 11) is 0. The maximum absolute atomic E-state index is 12.8. The van der Waals surface area contributed by atoms with Crippen LogP contribution in [0.2, 0.25) is 0 Å². The minimum absolute atomic E-state index is 0.208. The Labute approximate surface area is 154 Å². The number of hydrogen-bond acceptors (Lipinski definition) is 5. The molecule has 0 bridgehead atoms. The van der Waals surface area contributed by atoms with Crippen molar-refractivity contribution in [3.63, 3.8) is 0 Å². The summed E-state index contributed by atoms with van der Waals surface area (Å²) in [6, 6.07) is -0.532. The number of aromatic nitrogens is 2. The monoisotopic (exact) mass is 360 g/mol. The minimum Gasteiger partial charge on any atom is -0.444 e. The SMILES string of the molecule is CC(C)(C)OC(=O)N1CCCCC[C@@H]1C(=O)Nc1cnc(C2CC2)nc1. The first-order chi connectivity index (χ1) is 12.3. The van der Waals surface area contributed by atoms with Gasteiger partial charge in [-0.05, 0) is 46.5 Å². The largest absolute Gasteiger partial charge is 0.444 e. The van der Waals surface area contributed by atoms with Crippen molar-refractivity contribution < 1.29 is 14.3 Å². The standard InChI is InChI=1S/C19H28N4O3/c1-19(2,3)26-18(25)23-10-6-4-5-7-15(23)17(24)22-14-11-20-16(21-12-14)13-8-9-13/h11-13,15H,4-10H2,1-3H3,(H,22,24)/t15-/m1/s1. The lowest BCUT2D eigenvalue weighted by molar-refractivity contribution is -0.121. The fourth-order valence-corrected chi connectivity index (χ4v) is 3.10. The Kier molecular flexibility index (Phi) is 5.44. The van der Waals surface area contributed by atoms with E-state index in [1.165, 1.54) is 0 Å². The third-order valence-corrected chi connectivity index (χ3v) is 4.57. The second kappa shape index (κ2) is 7.60. The summed E-state index contributed by atoms with van der Waals surface area (Å²) in [6.45, 7) is 6.02. The van der Waals surface area contributed by atoms with Gasteiger partial charge in [-0.15, -0.1) is 0 Å². The first-order valence-corrected chi connectivity index (χ1v) is 9.46. The zero-order valence-electron chi connectivity index (χ0n) is 15.8. The van der Waals surface area contributed by atoms with Crippen molar-refractivity contribution in [2.75, 3.05) is 11.9 Å². The molecule has 1 aliphatic heterocycles. The van der Waals surface area contributed by atoms with Gasteiger partial charge >= 0.3 is 6.09 Å². The number of rotatable bonds is 3. The predicted molar refractivity (Wildman–Crippen MR) is 97.8 cm³/mol. The molecule has 0 spiro atoms. The summed E-state index contributed by atoms with van der Waals surface area (Å²) in [6.07, 6.45) is 8.56. The van der Waals surface area contributed by atoms with Crippen LogP contribution < -0.4 is 5.32 Å². The van der Waals surface area contributed by atoms with Crippen molar-refractivity contribution in [1.29, 1.82) is 0 Å². The Bertz CT molecular complexity index is 650.